The van der Waals surface area contributed by atoms with Gasteiger partial charge >= 0.3 is 0 Å². The smallest absolute Gasteiger partial charge is 0.271 e. The average Bonchev–Trinajstić information content (AvgIpc) is 3.23. The number of benzene rings is 1. The maximum absolute atomic E-state index is 12.2. The Morgan fingerprint density at radius 2 is 2.12 bits per heavy atom. The Bertz CT molecular complexity index is 913. The van der Waals surface area contributed by atoms with Crippen LogP contribution in [0.3, 0.4) is 0 Å². The van der Waals surface area contributed by atoms with Gasteiger partial charge in [0.25, 0.3) is 5.91 Å². The molecule has 1 aromatic carbocycles. The number of anilines is 1. The summed E-state index contributed by atoms with van der Waals surface area (Å²) in [4.78, 5) is 19.2. The van der Waals surface area contributed by atoms with Crippen molar-refractivity contribution in [3.63, 3.8) is 0 Å². The van der Waals surface area contributed by atoms with E-state index in [9.17, 15) is 4.79 Å². The van der Waals surface area contributed by atoms with Crippen LogP contribution in [0, 0.1) is 0 Å². The number of hydrogen-bond donors (Lipinski definition) is 1. The van der Waals surface area contributed by atoms with Gasteiger partial charge in [0.2, 0.25) is 0 Å². The van der Waals surface area contributed by atoms with Gasteiger partial charge in [0, 0.05) is 32.4 Å². The SMILES string of the molecule is Cn1ccc(C(=O)NC2CCN(c3nc4c(Cl)cccc4s3)CC2)n1. The molecule has 0 atom stereocenters. The number of halogens is 1. The lowest BCUT2D eigenvalue weighted by atomic mass is 10.1. The van der Waals surface area contributed by atoms with E-state index in [2.05, 4.69) is 20.3 Å². The normalized spacial score (nSPS) is 15.7. The Morgan fingerprint density at radius 1 is 1.32 bits per heavy atom. The molecule has 1 fully saturated rings. The fourth-order valence-corrected chi connectivity index (χ4v) is 4.37. The number of nitrogens with one attached hydrogen (secondary N) is 1. The lowest BCUT2D eigenvalue weighted by Gasteiger charge is -2.31. The maximum atomic E-state index is 12.2. The number of para-hydroxylation sites is 1. The third kappa shape index (κ3) is 3.34. The monoisotopic (exact) mass is 375 g/mol. The molecule has 6 nitrogen and oxygen atoms in total. The third-order valence-electron chi connectivity index (χ3n) is 4.41. The van der Waals surface area contributed by atoms with Crippen molar-refractivity contribution in [3.05, 3.63) is 41.2 Å². The number of fused-ring (bicyclic) bond motifs is 1. The first kappa shape index (κ1) is 16.4. The molecule has 3 aromatic rings. The van der Waals surface area contributed by atoms with E-state index in [4.69, 9.17) is 11.6 Å². The summed E-state index contributed by atoms with van der Waals surface area (Å²) >= 11 is 7.88. The van der Waals surface area contributed by atoms with Crippen LogP contribution in [0.4, 0.5) is 5.13 Å². The number of carbonyl (C=O) groups is 1. The minimum Gasteiger partial charge on any atom is -0.348 e. The number of aromatic nitrogens is 3. The highest BCUT2D eigenvalue weighted by Crippen LogP contribution is 2.33. The zero-order valence-corrected chi connectivity index (χ0v) is 15.3. The summed E-state index contributed by atoms with van der Waals surface area (Å²) in [5.74, 6) is -0.106. The number of piperidine rings is 1. The van der Waals surface area contributed by atoms with Gasteiger partial charge in [-0.2, -0.15) is 5.10 Å². The fraction of sp³-hybridized carbons (Fsp3) is 0.353. The molecule has 1 amide bonds. The van der Waals surface area contributed by atoms with Crippen molar-refractivity contribution < 1.29 is 4.79 Å². The molecular weight excluding hydrogens is 358 g/mol. The molecule has 1 aliphatic heterocycles. The standard InChI is InChI=1S/C17H18ClN5OS/c1-22-8-7-13(21-22)16(24)19-11-5-9-23(10-6-11)17-20-15-12(18)3-2-4-14(15)25-17/h2-4,7-8,11H,5-6,9-10H2,1H3,(H,19,24). The first-order valence-electron chi connectivity index (χ1n) is 8.20. The predicted molar refractivity (Wildman–Crippen MR) is 101 cm³/mol. The van der Waals surface area contributed by atoms with Crippen LogP contribution in [0.25, 0.3) is 10.2 Å². The van der Waals surface area contributed by atoms with Gasteiger partial charge < -0.3 is 10.2 Å². The Kier molecular flexibility index (Phi) is 4.35. The van der Waals surface area contributed by atoms with Gasteiger partial charge in [-0.3, -0.25) is 9.48 Å². The molecule has 0 spiro atoms. The van der Waals surface area contributed by atoms with E-state index < -0.39 is 0 Å². The number of carbonyl (C=O) groups excluding carboxylic acids is 1. The summed E-state index contributed by atoms with van der Waals surface area (Å²) < 4.78 is 2.74. The van der Waals surface area contributed by atoms with Gasteiger partial charge in [0.05, 0.1) is 9.72 Å². The van der Waals surface area contributed by atoms with Gasteiger partial charge in [-0.1, -0.05) is 29.0 Å². The molecule has 0 unspecified atom stereocenters. The van der Waals surface area contributed by atoms with E-state index >= 15 is 0 Å². The van der Waals surface area contributed by atoms with Crippen LogP contribution >= 0.6 is 22.9 Å². The van der Waals surface area contributed by atoms with Gasteiger partial charge in [-0.25, -0.2) is 4.98 Å². The third-order valence-corrected chi connectivity index (χ3v) is 5.79. The summed E-state index contributed by atoms with van der Waals surface area (Å²) in [6, 6.07) is 7.76. The quantitative estimate of drug-likeness (QED) is 0.764. The molecule has 3 heterocycles. The summed E-state index contributed by atoms with van der Waals surface area (Å²) in [7, 11) is 1.81. The number of amides is 1. The molecule has 1 N–H and O–H groups in total. The molecule has 1 aliphatic rings. The predicted octanol–water partition coefficient (Wildman–Crippen LogP) is 3.08. The molecule has 0 saturated carbocycles. The van der Waals surface area contributed by atoms with Gasteiger partial charge in [-0.15, -0.1) is 0 Å². The van der Waals surface area contributed by atoms with E-state index in [1.54, 1.807) is 35.3 Å². The van der Waals surface area contributed by atoms with Crippen LogP contribution in [-0.4, -0.2) is 39.8 Å². The molecule has 0 radical (unpaired) electrons. The molecule has 4 rings (SSSR count). The lowest BCUT2D eigenvalue weighted by molar-refractivity contribution is 0.0925. The zero-order chi connectivity index (χ0) is 17.4. The summed E-state index contributed by atoms with van der Waals surface area (Å²) in [6.07, 6.45) is 3.56. The van der Waals surface area contributed by atoms with E-state index in [0.29, 0.717) is 10.7 Å². The lowest BCUT2D eigenvalue weighted by Crippen LogP contribution is -2.44. The van der Waals surface area contributed by atoms with E-state index in [-0.39, 0.29) is 11.9 Å². The van der Waals surface area contributed by atoms with Crippen LogP contribution in [-0.2, 0) is 7.05 Å². The minimum atomic E-state index is -0.106. The van der Waals surface area contributed by atoms with Crippen LogP contribution < -0.4 is 10.2 Å². The van der Waals surface area contributed by atoms with Gasteiger partial charge in [-0.05, 0) is 31.0 Å². The Hall–Kier alpha value is -2.12. The van der Waals surface area contributed by atoms with Crippen molar-refractivity contribution in [1.29, 1.82) is 0 Å². The second kappa shape index (κ2) is 6.65. The van der Waals surface area contributed by atoms with E-state index in [1.165, 1.54) is 0 Å². The zero-order valence-electron chi connectivity index (χ0n) is 13.8. The van der Waals surface area contributed by atoms with E-state index in [1.807, 2.05) is 18.2 Å². The first-order chi connectivity index (χ1) is 12.1. The molecule has 2 aromatic heterocycles. The van der Waals surface area contributed by atoms with Gasteiger partial charge in [0.1, 0.15) is 11.2 Å². The number of thiazole rings is 1. The number of hydrogen-bond acceptors (Lipinski definition) is 5. The molecular formula is C17H18ClN5OS. The second-order valence-corrected chi connectivity index (χ2v) is 7.61. The van der Waals surface area contributed by atoms with E-state index in [0.717, 1.165) is 41.3 Å². The average molecular weight is 376 g/mol. The molecule has 1 saturated heterocycles. The highest BCUT2D eigenvalue weighted by Gasteiger charge is 2.24. The summed E-state index contributed by atoms with van der Waals surface area (Å²) in [5, 5.41) is 8.91. The van der Waals surface area contributed by atoms with Crippen LogP contribution in [0.5, 0.6) is 0 Å². The van der Waals surface area contributed by atoms with Crippen LogP contribution in [0.15, 0.2) is 30.5 Å². The Labute approximate surface area is 154 Å². The maximum Gasteiger partial charge on any atom is 0.271 e. The second-order valence-electron chi connectivity index (χ2n) is 6.19. The molecule has 0 bridgehead atoms. The number of aryl methyl sites for hydroxylation is 1. The van der Waals surface area contributed by atoms with Crippen molar-refractivity contribution in [3.8, 4) is 0 Å². The topological polar surface area (TPSA) is 63.1 Å². The molecule has 130 valence electrons. The largest absolute Gasteiger partial charge is 0.348 e. The van der Waals surface area contributed by atoms with Crippen molar-refractivity contribution in [2.24, 2.45) is 7.05 Å². The van der Waals surface area contributed by atoms with Gasteiger partial charge in [0.15, 0.2) is 5.13 Å². The summed E-state index contributed by atoms with van der Waals surface area (Å²) in [6.45, 7) is 1.73. The molecule has 25 heavy (non-hydrogen) atoms. The Morgan fingerprint density at radius 3 is 2.80 bits per heavy atom. The van der Waals surface area contributed by atoms with Crippen LogP contribution in [0.1, 0.15) is 23.3 Å². The fourth-order valence-electron chi connectivity index (χ4n) is 3.05. The number of rotatable bonds is 3. The van der Waals surface area contributed by atoms with Crippen molar-refractivity contribution in [1.82, 2.24) is 20.1 Å². The molecule has 8 heteroatoms. The van der Waals surface area contributed by atoms with Crippen molar-refractivity contribution in [2.45, 2.75) is 18.9 Å². The highest BCUT2D eigenvalue weighted by molar-refractivity contribution is 7.22. The Balaban J connectivity index is 1.39. The number of nitrogens with zero attached hydrogens (tertiary/aromatic N) is 4. The van der Waals surface area contributed by atoms with Crippen molar-refractivity contribution in [2.75, 3.05) is 18.0 Å². The van der Waals surface area contributed by atoms with Crippen LogP contribution in [0.2, 0.25) is 5.02 Å². The summed E-state index contributed by atoms with van der Waals surface area (Å²) in [5.41, 5.74) is 1.33. The van der Waals surface area contributed by atoms with Crippen molar-refractivity contribution >= 4 is 44.2 Å². The minimum absolute atomic E-state index is 0.106. The molecule has 0 aliphatic carbocycles. The highest BCUT2D eigenvalue weighted by atomic mass is 35.5. The first-order valence-corrected chi connectivity index (χ1v) is 9.40.